The Labute approximate surface area is 181 Å². The Balaban J connectivity index is 1.37. The van der Waals surface area contributed by atoms with Crippen molar-refractivity contribution in [1.82, 2.24) is 0 Å². The summed E-state index contributed by atoms with van der Waals surface area (Å²) in [5, 5.41) is 0. The average Bonchev–Trinajstić information content (AvgIpc) is 3.26. The van der Waals surface area contributed by atoms with Crippen LogP contribution >= 0.6 is 0 Å². The molecule has 0 saturated carbocycles. The summed E-state index contributed by atoms with van der Waals surface area (Å²) in [6, 6.07) is 18.8. The number of piperidine rings is 1. The van der Waals surface area contributed by atoms with E-state index in [1.807, 2.05) is 36.4 Å². The largest absolute Gasteiger partial charge is 0.493 e. The van der Waals surface area contributed by atoms with E-state index in [9.17, 15) is 4.39 Å². The summed E-state index contributed by atoms with van der Waals surface area (Å²) in [5.74, 6) is 3.78. The molecule has 3 heterocycles. The fourth-order valence-electron chi connectivity index (χ4n) is 4.57. The van der Waals surface area contributed by atoms with Crippen LogP contribution < -0.4 is 23.7 Å². The van der Waals surface area contributed by atoms with E-state index in [1.54, 1.807) is 12.1 Å². The van der Waals surface area contributed by atoms with Crippen molar-refractivity contribution in [3.05, 3.63) is 78.2 Å². The highest BCUT2D eigenvalue weighted by Crippen LogP contribution is 2.37. The van der Waals surface area contributed by atoms with Crippen LogP contribution in [0.3, 0.4) is 0 Å². The second kappa shape index (κ2) is 8.46. The highest BCUT2D eigenvalue weighted by atomic mass is 19.1. The SMILES string of the molecule is C[n+]1ccccc1N1CCC(c2ccc(F)cc2)C(COc2ccc3c(c2)OCO3)C1. The number of hydrogen-bond donors (Lipinski definition) is 0. The molecule has 2 aliphatic heterocycles. The van der Waals surface area contributed by atoms with E-state index >= 15 is 0 Å². The van der Waals surface area contributed by atoms with E-state index in [2.05, 4.69) is 34.8 Å². The molecule has 0 amide bonds. The Morgan fingerprint density at radius 2 is 1.90 bits per heavy atom. The predicted molar refractivity (Wildman–Crippen MR) is 115 cm³/mol. The van der Waals surface area contributed by atoms with Gasteiger partial charge in [-0.2, -0.15) is 0 Å². The van der Waals surface area contributed by atoms with Crippen molar-refractivity contribution in [1.29, 1.82) is 0 Å². The number of halogens is 1. The van der Waals surface area contributed by atoms with Gasteiger partial charge in [0.2, 0.25) is 6.79 Å². The number of pyridine rings is 1. The molecule has 5 rings (SSSR count). The van der Waals surface area contributed by atoms with E-state index in [0.29, 0.717) is 18.3 Å². The Morgan fingerprint density at radius 3 is 2.74 bits per heavy atom. The van der Waals surface area contributed by atoms with Crippen LogP contribution in [0.15, 0.2) is 66.9 Å². The van der Waals surface area contributed by atoms with Gasteiger partial charge in [0.25, 0.3) is 5.82 Å². The third-order valence-corrected chi connectivity index (χ3v) is 6.19. The lowest BCUT2D eigenvalue weighted by molar-refractivity contribution is -0.659. The number of nitrogens with zero attached hydrogens (tertiary/aromatic N) is 2. The monoisotopic (exact) mass is 421 g/mol. The molecule has 0 radical (unpaired) electrons. The Kier molecular flexibility index (Phi) is 5.37. The number of benzene rings is 2. The van der Waals surface area contributed by atoms with Crippen LogP contribution in [0, 0.1) is 11.7 Å². The van der Waals surface area contributed by atoms with E-state index < -0.39 is 0 Å². The molecule has 1 fully saturated rings. The number of rotatable bonds is 5. The van der Waals surface area contributed by atoms with Crippen molar-refractivity contribution in [3.63, 3.8) is 0 Å². The van der Waals surface area contributed by atoms with E-state index in [4.69, 9.17) is 14.2 Å². The van der Waals surface area contributed by atoms with Gasteiger partial charge in [-0.3, -0.25) is 4.90 Å². The number of hydrogen-bond acceptors (Lipinski definition) is 4. The van der Waals surface area contributed by atoms with Gasteiger partial charge in [0.05, 0.1) is 32.9 Å². The van der Waals surface area contributed by atoms with Gasteiger partial charge in [-0.1, -0.05) is 18.2 Å². The lowest BCUT2D eigenvalue weighted by Gasteiger charge is -2.35. The minimum atomic E-state index is -0.203. The van der Waals surface area contributed by atoms with Crippen molar-refractivity contribution in [2.24, 2.45) is 13.0 Å². The second-order valence-electron chi connectivity index (χ2n) is 8.15. The van der Waals surface area contributed by atoms with Crippen LogP contribution in [-0.4, -0.2) is 26.5 Å². The molecule has 160 valence electrons. The molecule has 0 aliphatic carbocycles. The maximum absolute atomic E-state index is 13.5. The van der Waals surface area contributed by atoms with Gasteiger partial charge >= 0.3 is 0 Å². The van der Waals surface area contributed by atoms with Crippen molar-refractivity contribution in [2.75, 3.05) is 31.4 Å². The molecule has 3 aromatic rings. The number of aromatic nitrogens is 1. The zero-order valence-corrected chi connectivity index (χ0v) is 17.5. The van der Waals surface area contributed by atoms with Crippen LogP contribution in [0.2, 0.25) is 0 Å². The van der Waals surface area contributed by atoms with Gasteiger partial charge in [0.15, 0.2) is 11.5 Å². The van der Waals surface area contributed by atoms with Crippen molar-refractivity contribution in [3.8, 4) is 17.2 Å². The zero-order chi connectivity index (χ0) is 21.2. The van der Waals surface area contributed by atoms with Crippen molar-refractivity contribution >= 4 is 5.82 Å². The molecule has 31 heavy (non-hydrogen) atoms. The van der Waals surface area contributed by atoms with Gasteiger partial charge in [-0.25, -0.2) is 8.96 Å². The molecule has 1 aromatic heterocycles. The quantitative estimate of drug-likeness (QED) is 0.582. The summed E-state index contributed by atoms with van der Waals surface area (Å²) < 4.78 is 32.7. The molecule has 1 saturated heterocycles. The van der Waals surface area contributed by atoms with Crippen LogP contribution in [0.4, 0.5) is 10.2 Å². The first-order chi connectivity index (χ1) is 15.2. The topological polar surface area (TPSA) is 34.8 Å². The first kappa shape index (κ1) is 19.7. The lowest BCUT2D eigenvalue weighted by atomic mass is 9.81. The lowest BCUT2D eigenvalue weighted by Crippen LogP contribution is -2.47. The molecular weight excluding hydrogens is 395 g/mol. The maximum Gasteiger partial charge on any atom is 0.276 e. The zero-order valence-electron chi connectivity index (χ0n) is 17.5. The first-order valence-electron chi connectivity index (χ1n) is 10.6. The molecule has 2 unspecified atom stereocenters. The van der Waals surface area contributed by atoms with Crippen molar-refractivity contribution < 1.29 is 23.2 Å². The average molecular weight is 421 g/mol. The summed E-state index contributed by atoms with van der Waals surface area (Å²) in [5.41, 5.74) is 1.16. The molecule has 0 bridgehead atoms. The number of anilines is 1. The summed E-state index contributed by atoms with van der Waals surface area (Å²) in [7, 11) is 2.07. The van der Waals surface area contributed by atoms with E-state index in [0.717, 1.165) is 36.6 Å². The molecular formula is C25H26FN2O3+. The number of ether oxygens (including phenoxy) is 3. The fourth-order valence-corrected chi connectivity index (χ4v) is 4.57. The normalized spacial score (nSPS) is 20.0. The number of fused-ring (bicyclic) bond motifs is 1. The van der Waals surface area contributed by atoms with Gasteiger partial charge in [0, 0.05) is 18.1 Å². The Morgan fingerprint density at radius 1 is 1.06 bits per heavy atom. The van der Waals surface area contributed by atoms with Crippen LogP contribution in [0.1, 0.15) is 17.9 Å². The van der Waals surface area contributed by atoms with Gasteiger partial charge in [0.1, 0.15) is 11.6 Å². The van der Waals surface area contributed by atoms with Crippen LogP contribution in [0.25, 0.3) is 0 Å². The second-order valence-corrected chi connectivity index (χ2v) is 8.15. The van der Waals surface area contributed by atoms with Gasteiger partial charge in [-0.05, 0) is 48.2 Å². The highest BCUT2D eigenvalue weighted by Gasteiger charge is 2.35. The Hall–Kier alpha value is -3.28. The maximum atomic E-state index is 13.5. The summed E-state index contributed by atoms with van der Waals surface area (Å²) >= 11 is 0. The number of aryl methyl sites for hydroxylation is 1. The standard InChI is InChI=1S/C25H26FN2O3/c1-27-12-3-2-4-25(27)28-13-11-22(18-5-7-20(26)8-6-18)19(15-28)16-29-21-9-10-23-24(14-21)31-17-30-23/h2-10,12,14,19,22H,11,13,15-17H2,1H3/q+1. The summed E-state index contributed by atoms with van der Waals surface area (Å²) in [6.07, 6.45) is 3.05. The van der Waals surface area contributed by atoms with E-state index in [1.165, 1.54) is 5.82 Å². The molecule has 6 heteroatoms. The Bertz CT molecular complexity index is 1060. The van der Waals surface area contributed by atoms with Crippen molar-refractivity contribution in [2.45, 2.75) is 12.3 Å². The minimum Gasteiger partial charge on any atom is -0.493 e. The smallest absolute Gasteiger partial charge is 0.276 e. The molecule has 2 aliphatic rings. The van der Waals surface area contributed by atoms with Gasteiger partial charge < -0.3 is 14.2 Å². The molecule has 0 spiro atoms. The molecule has 2 aromatic carbocycles. The summed E-state index contributed by atoms with van der Waals surface area (Å²) in [4.78, 5) is 2.41. The van der Waals surface area contributed by atoms with Gasteiger partial charge in [-0.15, -0.1) is 0 Å². The highest BCUT2D eigenvalue weighted by molar-refractivity contribution is 5.47. The molecule has 2 atom stereocenters. The van der Waals surface area contributed by atoms with Crippen LogP contribution in [-0.2, 0) is 7.05 Å². The fraction of sp³-hybridized carbons (Fsp3) is 0.320. The van der Waals surface area contributed by atoms with Crippen LogP contribution in [0.5, 0.6) is 17.2 Å². The minimum absolute atomic E-state index is 0.203. The molecule has 0 N–H and O–H groups in total. The first-order valence-corrected chi connectivity index (χ1v) is 10.6. The predicted octanol–water partition coefficient (Wildman–Crippen LogP) is 4.07. The third-order valence-electron chi connectivity index (χ3n) is 6.19. The summed E-state index contributed by atoms with van der Waals surface area (Å²) in [6.45, 7) is 2.62. The molecule has 5 nitrogen and oxygen atoms in total. The third kappa shape index (κ3) is 4.15. The van der Waals surface area contributed by atoms with E-state index in [-0.39, 0.29) is 18.5 Å².